The molecule has 6 nitrogen and oxygen atoms in total. The summed E-state index contributed by atoms with van der Waals surface area (Å²) in [6.07, 6.45) is 2.82. The molecule has 2 aromatic heterocycles. The molecular weight excluding hydrogens is 280 g/mol. The van der Waals surface area contributed by atoms with Gasteiger partial charge in [-0.05, 0) is 18.9 Å². The fourth-order valence-electron chi connectivity index (χ4n) is 2.73. The Hall–Kier alpha value is -1.95. The number of aromatic nitrogens is 3. The van der Waals surface area contributed by atoms with E-state index >= 15 is 0 Å². The molecule has 1 amide bonds. The summed E-state index contributed by atoms with van der Waals surface area (Å²) < 4.78 is 1.70. The van der Waals surface area contributed by atoms with Crippen molar-refractivity contribution in [3.63, 3.8) is 0 Å². The maximum Gasteiger partial charge on any atom is 0.252 e. The van der Waals surface area contributed by atoms with E-state index in [9.17, 15) is 9.90 Å². The second-order valence-electron chi connectivity index (χ2n) is 5.66. The van der Waals surface area contributed by atoms with Crippen molar-refractivity contribution in [2.45, 2.75) is 39.7 Å². The number of carbonyl (C=O) groups excluding carboxylic acids is 1. The number of nitrogens with zero attached hydrogens (tertiary/aromatic N) is 3. The molecule has 22 heavy (non-hydrogen) atoms. The normalized spacial score (nSPS) is 12.8. The van der Waals surface area contributed by atoms with Gasteiger partial charge in [0, 0.05) is 25.2 Å². The topological polar surface area (TPSA) is 80.0 Å². The Labute approximate surface area is 130 Å². The minimum absolute atomic E-state index is 0.210. The molecule has 0 aliphatic heterocycles. The lowest BCUT2D eigenvalue weighted by molar-refractivity contribution is 0.0816. The Morgan fingerprint density at radius 3 is 2.73 bits per heavy atom. The van der Waals surface area contributed by atoms with Gasteiger partial charge in [-0.25, -0.2) is 4.98 Å². The van der Waals surface area contributed by atoms with Crippen LogP contribution in [-0.4, -0.2) is 38.4 Å². The molecule has 0 spiro atoms. The summed E-state index contributed by atoms with van der Waals surface area (Å²) in [5.74, 6) is -0.0101. The Balaban J connectivity index is 2.08. The molecule has 0 bridgehead atoms. The van der Waals surface area contributed by atoms with Gasteiger partial charge in [0.2, 0.25) is 0 Å². The van der Waals surface area contributed by atoms with E-state index in [4.69, 9.17) is 0 Å². The van der Waals surface area contributed by atoms with Crippen molar-refractivity contribution in [3.05, 3.63) is 23.5 Å². The summed E-state index contributed by atoms with van der Waals surface area (Å²) in [6, 6.07) is 1.80. The summed E-state index contributed by atoms with van der Waals surface area (Å²) in [6.45, 7) is 6.24. The van der Waals surface area contributed by atoms with Crippen molar-refractivity contribution >= 4 is 16.9 Å². The Morgan fingerprint density at radius 1 is 1.41 bits per heavy atom. The molecule has 1 atom stereocenters. The minimum Gasteiger partial charge on any atom is -0.391 e. The van der Waals surface area contributed by atoms with E-state index in [2.05, 4.69) is 15.4 Å². The summed E-state index contributed by atoms with van der Waals surface area (Å²) in [7, 11) is 1.83. The number of amides is 1. The van der Waals surface area contributed by atoms with E-state index in [0.717, 1.165) is 29.6 Å². The number of hydrogen-bond acceptors (Lipinski definition) is 4. The van der Waals surface area contributed by atoms with Crippen LogP contribution in [0.4, 0.5) is 0 Å². The summed E-state index contributed by atoms with van der Waals surface area (Å²) >= 11 is 0. The van der Waals surface area contributed by atoms with Crippen molar-refractivity contribution < 1.29 is 9.90 Å². The first-order valence-electron chi connectivity index (χ1n) is 7.73. The average molecular weight is 304 g/mol. The van der Waals surface area contributed by atoms with Crippen LogP contribution in [0.5, 0.6) is 0 Å². The van der Waals surface area contributed by atoms with E-state index in [1.807, 2.05) is 27.8 Å². The van der Waals surface area contributed by atoms with Crippen molar-refractivity contribution in [1.82, 2.24) is 20.1 Å². The lowest BCUT2D eigenvalue weighted by Crippen LogP contribution is -2.36. The Morgan fingerprint density at radius 2 is 2.09 bits per heavy atom. The summed E-state index contributed by atoms with van der Waals surface area (Å²) in [5, 5.41) is 18.0. The average Bonchev–Trinajstić information content (AvgIpc) is 2.80. The first-order chi connectivity index (χ1) is 10.5. The van der Waals surface area contributed by atoms with E-state index in [1.165, 1.54) is 0 Å². The van der Waals surface area contributed by atoms with Crippen molar-refractivity contribution in [2.24, 2.45) is 13.0 Å². The second-order valence-corrected chi connectivity index (χ2v) is 5.66. The van der Waals surface area contributed by atoms with Crippen LogP contribution in [0.25, 0.3) is 11.0 Å². The van der Waals surface area contributed by atoms with E-state index in [-0.39, 0.29) is 18.4 Å². The predicted molar refractivity (Wildman–Crippen MR) is 85.7 cm³/mol. The van der Waals surface area contributed by atoms with Gasteiger partial charge < -0.3 is 10.4 Å². The number of nitrogens with one attached hydrogen (secondary N) is 1. The fourth-order valence-corrected chi connectivity index (χ4v) is 2.73. The maximum absolute atomic E-state index is 12.2. The van der Waals surface area contributed by atoms with Crippen LogP contribution < -0.4 is 5.32 Å². The highest BCUT2D eigenvalue weighted by Gasteiger charge is 2.17. The van der Waals surface area contributed by atoms with Gasteiger partial charge in [-0.1, -0.05) is 26.7 Å². The molecule has 120 valence electrons. The number of hydrogen-bond donors (Lipinski definition) is 2. The van der Waals surface area contributed by atoms with Crippen LogP contribution in [0, 0.1) is 12.8 Å². The Kier molecular flexibility index (Phi) is 5.13. The monoisotopic (exact) mass is 304 g/mol. The Bertz CT molecular complexity index is 661. The highest BCUT2D eigenvalue weighted by molar-refractivity contribution is 5.97. The van der Waals surface area contributed by atoms with Gasteiger partial charge in [0.1, 0.15) is 0 Å². The predicted octanol–water partition coefficient (Wildman–Crippen LogP) is 1.80. The van der Waals surface area contributed by atoms with E-state index < -0.39 is 6.10 Å². The van der Waals surface area contributed by atoms with Crippen LogP contribution >= 0.6 is 0 Å². The molecule has 0 fully saturated rings. The number of aliphatic hydroxyl groups is 1. The van der Waals surface area contributed by atoms with Gasteiger partial charge in [0.05, 0.1) is 17.4 Å². The quantitative estimate of drug-likeness (QED) is 0.853. The fraction of sp³-hybridized carbons (Fsp3) is 0.562. The van der Waals surface area contributed by atoms with Crippen LogP contribution in [0.3, 0.4) is 0 Å². The van der Waals surface area contributed by atoms with Crippen molar-refractivity contribution in [1.29, 1.82) is 0 Å². The molecule has 2 rings (SSSR count). The van der Waals surface area contributed by atoms with Crippen molar-refractivity contribution in [3.8, 4) is 0 Å². The van der Waals surface area contributed by atoms with Gasteiger partial charge in [-0.3, -0.25) is 9.48 Å². The van der Waals surface area contributed by atoms with Gasteiger partial charge in [-0.15, -0.1) is 0 Å². The number of pyridine rings is 1. The number of aliphatic hydroxyl groups excluding tert-OH is 1. The van der Waals surface area contributed by atoms with Gasteiger partial charge >= 0.3 is 0 Å². The summed E-state index contributed by atoms with van der Waals surface area (Å²) in [4.78, 5) is 16.5. The number of aryl methyl sites for hydroxylation is 2. The zero-order chi connectivity index (χ0) is 16.3. The molecule has 0 aliphatic rings. The highest BCUT2D eigenvalue weighted by atomic mass is 16.3. The van der Waals surface area contributed by atoms with E-state index in [0.29, 0.717) is 5.56 Å². The third kappa shape index (κ3) is 3.27. The molecule has 6 heteroatoms. The van der Waals surface area contributed by atoms with Gasteiger partial charge in [0.15, 0.2) is 5.65 Å². The molecule has 0 aliphatic carbocycles. The van der Waals surface area contributed by atoms with Crippen molar-refractivity contribution in [2.75, 3.05) is 6.54 Å². The first kappa shape index (κ1) is 16.4. The lowest BCUT2D eigenvalue weighted by atomic mass is 9.96. The van der Waals surface area contributed by atoms with Crippen LogP contribution in [0.1, 0.15) is 42.7 Å². The first-order valence-corrected chi connectivity index (χ1v) is 7.73. The summed E-state index contributed by atoms with van der Waals surface area (Å²) in [5.41, 5.74) is 2.09. The molecular formula is C16H24N4O2. The number of fused-ring (bicyclic) bond motifs is 1. The third-order valence-electron chi connectivity index (χ3n) is 4.19. The molecule has 0 saturated carbocycles. The van der Waals surface area contributed by atoms with Gasteiger partial charge in [-0.2, -0.15) is 5.10 Å². The zero-order valence-corrected chi connectivity index (χ0v) is 13.6. The lowest BCUT2D eigenvalue weighted by Gasteiger charge is -2.20. The molecule has 2 aromatic rings. The second kappa shape index (κ2) is 6.87. The van der Waals surface area contributed by atoms with Gasteiger partial charge in [0.25, 0.3) is 5.91 Å². The highest BCUT2D eigenvalue weighted by Crippen LogP contribution is 2.17. The van der Waals surface area contributed by atoms with Crippen LogP contribution in [0.15, 0.2) is 12.3 Å². The maximum atomic E-state index is 12.2. The number of rotatable bonds is 6. The smallest absolute Gasteiger partial charge is 0.252 e. The van der Waals surface area contributed by atoms with Crippen LogP contribution in [-0.2, 0) is 7.05 Å². The standard InChI is InChI=1S/C16H24N4O2/c1-5-11(6-2)14(21)9-18-16(22)12-7-13-10(3)19-20(4)15(13)17-8-12/h7-8,11,14,21H,5-6,9H2,1-4H3,(H,18,22). The van der Waals surface area contributed by atoms with Crippen LogP contribution in [0.2, 0.25) is 0 Å². The third-order valence-corrected chi connectivity index (χ3v) is 4.19. The molecule has 2 heterocycles. The number of carbonyl (C=O) groups is 1. The molecule has 0 saturated heterocycles. The molecule has 0 aromatic carbocycles. The largest absolute Gasteiger partial charge is 0.391 e. The SMILES string of the molecule is CCC(CC)C(O)CNC(=O)c1cnc2c(c1)c(C)nn2C. The molecule has 0 radical (unpaired) electrons. The minimum atomic E-state index is -0.518. The molecule has 1 unspecified atom stereocenters. The van der Waals surface area contributed by atoms with E-state index in [1.54, 1.807) is 16.9 Å². The zero-order valence-electron chi connectivity index (χ0n) is 13.6. The molecule has 2 N–H and O–H groups in total.